The molecule has 1 atom stereocenters. The van der Waals surface area contributed by atoms with E-state index in [-0.39, 0.29) is 0 Å². The lowest BCUT2D eigenvalue weighted by molar-refractivity contribution is 0.0749. The fourth-order valence-electron chi connectivity index (χ4n) is 1.67. The maximum atomic E-state index is 12.8. The van der Waals surface area contributed by atoms with Crippen LogP contribution in [0.25, 0.3) is 0 Å². The number of thiophene rings is 1. The van der Waals surface area contributed by atoms with Gasteiger partial charge >= 0.3 is 0 Å². The molecule has 0 radical (unpaired) electrons. The van der Waals surface area contributed by atoms with Gasteiger partial charge in [0.2, 0.25) is 0 Å². The van der Waals surface area contributed by atoms with Gasteiger partial charge in [-0.3, -0.25) is 4.98 Å². The first kappa shape index (κ1) is 12.7. The van der Waals surface area contributed by atoms with Crippen molar-refractivity contribution in [2.75, 3.05) is 0 Å². The zero-order valence-corrected chi connectivity index (χ0v) is 11.6. The zero-order chi connectivity index (χ0) is 12.5. The smallest absolute Gasteiger partial charge is 0.141 e. The Morgan fingerprint density at radius 3 is 2.71 bits per heavy atom. The summed E-state index contributed by atoms with van der Waals surface area (Å²) in [5.74, 6) is -0.405. The van der Waals surface area contributed by atoms with Gasteiger partial charge in [-0.2, -0.15) is 0 Å². The van der Waals surface area contributed by atoms with Gasteiger partial charge in [-0.1, -0.05) is 6.92 Å². The average Bonchev–Trinajstić information content (AvgIpc) is 2.76. The molecule has 0 aliphatic rings. The SMILES string of the molecule is CCC(O)(c1ccc(F)cn1)c1sccc1Br. The van der Waals surface area contributed by atoms with Gasteiger partial charge < -0.3 is 5.11 Å². The third-order valence-corrected chi connectivity index (χ3v) is 4.64. The summed E-state index contributed by atoms with van der Waals surface area (Å²) in [6, 6.07) is 4.71. The summed E-state index contributed by atoms with van der Waals surface area (Å²) in [4.78, 5) is 4.77. The summed E-state index contributed by atoms with van der Waals surface area (Å²) in [6.45, 7) is 1.87. The first-order chi connectivity index (χ1) is 8.08. The normalized spacial score (nSPS) is 14.6. The molecule has 2 heterocycles. The maximum absolute atomic E-state index is 12.8. The van der Waals surface area contributed by atoms with Crippen molar-refractivity contribution in [3.8, 4) is 0 Å². The first-order valence-corrected chi connectivity index (χ1v) is 6.83. The molecule has 1 unspecified atom stereocenters. The predicted octanol–water partition coefficient (Wildman–Crippen LogP) is 3.69. The lowest BCUT2D eigenvalue weighted by Gasteiger charge is -2.25. The van der Waals surface area contributed by atoms with Crippen molar-refractivity contribution in [2.24, 2.45) is 0 Å². The minimum absolute atomic E-state index is 0.405. The topological polar surface area (TPSA) is 33.1 Å². The van der Waals surface area contributed by atoms with Crippen LogP contribution >= 0.6 is 27.3 Å². The van der Waals surface area contributed by atoms with Gasteiger partial charge in [0.1, 0.15) is 11.4 Å². The fourth-order valence-corrected chi connectivity index (χ4v) is 3.55. The van der Waals surface area contributed by atoms with Crippen LogP contribution in [0.1, 0.15) is 23.9 Å². The molecule has 5 heteroatoms. The van der Waals surface area contributed by atoms with E-state index >= 15 is 0 Å². The molecule has 0 bridgehead atoms. The summed E-state index contributed by atoms with van der Waals surface area (Å²) in [5, 5.41) is 12.6. The summed E-state index contributed by atoms with van der Waals surface area (Å²) in [7, 11) is 0. The molecular weight excluding hydrogens is 305 g/mol. The molecule has 90 valence electrons. The van der Waals surface area contributed by atoms with Crippen LogP contribution in [0.4, 0.5) is 4.39 Å². The monoisotopic (exact) mass is 315 g/mol. The van der Waals surface area contributed by atoms with E-state index in [4.69, 9.17) is 0 Å². The molecule has 2 aromatic heterocycles. The minimum atomic E-state index is -1.17. The summed E-state index contributed by atoms with van der Waals surface area (Å²) >= 11 is 4.85. The fraction of sp³-hybridized carbons (Fsp3) is 0.250. The van der Waals surface area contributed by atoms with Crippen LogP contribution in [0.15, 0.2) is 34.2 Å². The molecule has 0 aliphatic carbocycles. The van der Waals surface area contributed by atoms with E-state index in [1.54, 1.807) is 0 Å². The molecule has 2 rings (SSSR count). The van der Waals surface area contributed by atoms with Gasteiger partial charge in [-0.25, -0.2) is 4.39 Å². The number of hydrogen-bond acceptors (Lipinski definition) is 3. The molecule has 2 aromatic rings. The first-order valence-electron chi connectivity index (χ1n) is 5.16. The number of halogens is 2. The third kappa shape index (κ3) is 2.27. The van der Waals surface area contributed by atoms with E-state index in [0.29, 0.717) is 12.1 Å². The minimum Gasteiger partial charge on any atom is -0.378 e. The lowest BCUT2D eigenvalue weighted by atomic mass is 9.94. The van der Waals surface area contributed by atoms with Crippen molar-refractivity contribution >= 4 is 27.3 Å². The number of aromatic nitrogens is 1. The highest BCUT2D eigenvalue weighted by Gasteiger charge is 2.34. The quantitative estimate of drug-likeness (QED) is 0.937. The Morgan fingerprint density at radius 1 is 1.47 bits per heavy atom. The van der Waals surface area contributed by atoms with E-state index in [1.807, 2.05) is 18.4 Å². The maximum Gasteiger partial charge on any atom is 0.141 e. The van der Waals surface area contributed by atoms with Crippen molar-refractivity contribution in [2.45, 2.75) is 18.9 Å². The highest BCUT2D eigenvalue weighted by molar-refractivity contribution is 9.10. The Bertz CT molecular complexity index is 513. The molecule has 0 amide bonds. The average molecular weight is 316 g/mol. The second-order valence-electron chi connectivity index (χ2n) is 3.67. The van der Waals surface area contributed by atoms with Gasteiger partial charge in [0.05, 0.1) is 16.8 Å². The number of aliphatic hydroxyl groups is 1. The van der Waals surface area contributed by atoms with Gasteiger partial charge in [0.25, 0.3) is 0 Å². The molecule has 0 aromatic carbocycles. The van der Waals surface area contributed by atoms with Crippen LogP contribution in [0.5, 0.6) is 0 Å². The highest BCUT2D eigenvalue weighted by atomic mass is 79.9. The lowest BCUT2D eigenvalue weighted by Crippen LogP contribution is -2.26. The predicted molar refractivity (Wildman–Crippen MR) is 69.5 cm³/mol. The van der Waals surface area contributed by atoms with E-state index in [2.05, 4.69) is 20.9 Å². The number of rotatable bonds is 3. The highest BCUT2D eigenvalue weighted by Crippen LogP contribution is 2.39. The van der Waals surface area contributed by atoms with E-state index in [9.17, 15) is 9.50 Å². The molecule has 0 saturated carbocycles. The van der Waals surface area contributed by atoms with Crippen molar-refractivity contribution < 1.29 is 9.50 Å². The summed E-state index contributed by atoms with van der Waals surface area (Å²) in [6.07, 6.45) is 1.60. The van der Waals surface area contributed by atoms with Crippen molar-refractivity contribution in [1.82, 2.24) is 4.98 Å². The molecule has 2 nitrogen and oxygen atoms in total. The van der Waals surface area contributed by atoms with Crippen LogP contribution < -0.4 is 0 Å². The van der Waals surface area contributed by atoms with E-state index in [1.165, 1.54) is 23.5 Å². The molecule has 0 saturated heterocycles. The summed E-state index contributed by atoms with van der Waals surface area (Å²) in [5.41, 5.74) is -0.703. The largest absolute Gasteiger partial charge is 0.378 e. The Labute approximate surface area is 111 Å². The number of pyridine rings is 1. The van der Waals surface area contributed by atoms with E-state index in [0.717, 1.165) is 15.5 Å². The number of hydrogen-bond donors (Lipinski definition) is 1. The molecule has 0 fully saturated rings. The molecule has 1 N–H and O–H groups in total. The Kier molecular flexibility index (Phi) is 3.61. The molecule has 0 aliphatic heterocycles. The standard InChI is InChI=1S/C12H11BrFNOS/c1-2-12(16,11-9(13)5-6-17-11)10-4-3-8(14)7-15-10/h3-7,16H,2H2,1H3. The Morgan fingerprint density at radius 2 is 2.24 bits per heavy atom. The van der Waals surface area contributed by atoms with Crippen molar-refractivity contribution in [1.29, 1.82) is 0 Å². The second-order valence-corrected chi connectivity index (χ2v) is 5.44. The molecule has 17 heavy (non-hydrogen) atoms. The Hall–Kier alpha value is -0.780. The van der Waals surface area contributed by atoms with Crippen molar-refractivity contribution in [3.63, 3.8) is 0 Å². The van der Waals surface area contributed by atoms with E-state index < -0.39 is 11.4 Å². The number of nitrogens with zero attached hydrogens (tertiary/aromatic N) is 1. The van der Waals surface area contributed by atoms with Crippen LogP contribution in [0.3, 0.4) is 0 Å². The van der Waals surface area contributed by atoms with Gasteiger partial charge in [-0.05, 0) is 45.9 Å². The molecule has 0 spiro atoms. The van der Waals surface area contributed by atoms with Crippen molar-refractivity contribution in [3.05, 3.63) is 50.6 Å². The van der Waals surface area contributed by atoms with Gasteiger partial charge in [-0.15, -0.1) is 11.3 Å². The van der Waals surface area contributed by atoms with Gasteiger partial charge in [0, 0.05) is 4.47 Å². The molecular formula is C12H11BrFNOS. The Balaban J connectivity index is 2.51. The second kappa shape index (κ2) is 4.84. The zero-order valence-electron chi connectivity index (χ0n) is 9.15. The van der Waals surface area contributed by atoms with Gasteiger partial charge in [0.15, 0.2) is 0 Å². The van der Waals surface area contributed by atoms with Crippen LogP contribution in [-0.4, -0.2) is 10.1 Å². The van der Waals surface area contributed by atoms with Crippen LogP contribution in [-0.2, 0) is 5.60 Å². The third-order valence-electron chi connectivity index (χ3n) is 2.66. The summed E-state index contributed by atoms with van der Waals surface area (Å²) < 4.78 is 13.7. The van der Waals surface area contributed by atoms with Crippen LogP contribution in [0.2, 0.25) is 0 Å². The van der Waals surface area contributed by atoms with Crippen LogP contribution in [0, 0.1) is 5.82 Å².